The molecule has 0 spiro atoms. The van der Waals surface area contributed by atoms with Gasteiger partial charge in [0, 0.05) is 0 Å². The van der Waals surface area contributed by atoms with Gasteiger partial charge in [0.1, 0.15) is 0 Å². The number of hydrogen-bond donors (Lipinski definition) is 0. The van der Waals surface area contributed by atoms with Crippen molar-refractivity contribution in [3.8, 4) is 0 Å². The molecule has 1 aliphatic rings. The van der Waals surface area contributed by atoms with Gasteiger partial charge in [-0.25, -0.2) is 0 Å². The molecule has 1 aliphatic carbocycles. The normalized spacial score (nSPS) is 28.8. The Morgan fingerprint density at radius 2 is 1.94 bits per heavy atom. The van der Waals surface area contributed by atoms with Crippen molar-refractivity contribution >= 4 is 12.4 Å². The summed E-state index contributed by atoms with van der Waals surface area (Å²) in [4.78, 5) is 0. The van der Waals surface area contributed by atoms with E-state index in [0.29, 0.717) is 11.8 Å². The molecule has 0 aromatic carbocycles. The molecule has 104 valence electrons. The molecule has 0 aliphatic heterocycles. The summed E-state index contributed by atoms with van der Waals surface area (Å²) in [5, 5.41) is 0. The van der Waals surface area contributed by atoms with Crippen LogP contribution in [0.5, 0.6) is 0 Å². The van der Waals surface area contributed by atoms with E-state index in [4.69, 9.17) is 13.9 Å². The van der Waals surface area contributed by atoms with Crippen LogP contribution >= 0.6 is 0 Å². The summed E-state index contributed by atoms with van der Waals surface area (Å²) in [5.41, 5.74) is 0. The predicted molar refractivity (Wildman–Crippen MR) is 72.6 cm³/mol. The molecule has 3 nitrogen and oxygen atoms in total. The van der Waals surface area contributed by atoms with Crippen LogP contribution in [0.3, 0.4) is 0 Å². The van der Waals surface area contributed by atoms with Gasteiger partial charge in [0.2, 0.25) is 0 Å². The van der Waals surface area contributed by atoms with Crippen molar-refractivity contribution in [3.63, 3.8) is 0 Å². The van der Waals surface area contributed by atoms with Crippen LogP contribution in [0, 0.1) is 11.8 Å². The summed E-state index contributed by atoms with van der Waals surface area (Å²) in [6, 6.07) is 0. The molecule has 0 radical (unpaired) electrons. The quantitative estimate of drug-likeness (QED) is 0.616. The second kappa shape index (κ2) is 6.60. The van der Waals surface area contributed by atoms with E-state index >= 15 is 0 Å². The van der Waals surface area contributed by atoms with Gasteiger partial charge in [0.05, 0.1) is 0 Å². The fourth-order valence-corrected chi connectivity index (χ4v) is 4.56. The molecule has 3 atom stereocenters. The summed E-state index contributed by atoms with van der Waals surface area (Å²) in [5.74, 6) is 1.95. The van der Waals surface area contributed by atoms with Gasteiger partial charge in [0.15, 0.2) is 0 Å². The van der Waals surface area contributed by atoms with E-state index in [1.807, 2.05) is 0 Å². The van der Waals surface area contributed by atoms with Crippen LogP contribution in [0.1, 0.15) is 13.3 Å². The number of allylic oxidation sites excluding steroid dienone is 1. The van der Waals surface area contributed by atoms with Crippen molar-refractivity contribution in [1.82, 2.24) is 0 Å². The standard InChI is InChI=1S/C13H24O3Si.W/c1-10-7-11(16-17(4,5)6)8-13(15-3)12(10)9-14-2;/h8,10,12-13H,7H2,1-6H3;/t10-,12+,13+;/m0./s1. The fourth-order valence-electron chi connectivity index (χ4n) is 2.31. The Morgan fingerprint density at radius 1 is 1.33 bits per heavy atom. The molecule has 0 unspecified atom stereocenters. The molecule has 0 N–H and O–H groups in total. The van der Waals surface area contributed by atoms with Crippen LogP contribution < -0.4 is 0 Å². The first kappa shape index (κ1) is 16.3. The van der Waals surface area contributed by atoms with Gasteiger partial charge in [0.25, 0.3) is 0 Å². The minimum atomic E-state index is -1.53. The van der Waals surface area contributed by atoms with Crippen molar-refractivity contribution in [3.05, 3.63) is 11.8 Å². The molecule has 0 bridgehead atoms. The van der Waals surface area contributed by atoms with E-state index in [1.165, 1.54) is 19.4 Å². The summed E-state index contributed by atoms with van der Waals surface area (Å²) in [6.45, 7) is 8.88. The molecular formula is C13H24O3SiW. The molecule has 0 aromatic rings. The molecule has 18 heavy (non-hydrogen) atoms. The minimum absolute atomic E-state index is 0.0764. The monoisotopic (exact) mass is 440 g/mol. The molecule has 0 heterocycles. The van der Waals surface area contributed by atoms with Gasteiger partial charge in [-0.05, 0) is 0 Å². The third kappa shape index (κ3) is 4.41. The van der Waals surface area contributed by atoms with E-state index in [-0.39, 0.29) is 6.10 Å². The van der Waals surface area contributed by atoms with Crippen LogP contribution in [0.15, 0.2) is 11.8 Å². The number of ether oxygens (including phenoxy) is 2. The first-order valence-corrected chi connectivity index (χ1v) is 11.2. The molecule has 1 rings (SSSR count). The zero-order valence-electron chi connectivity index (χ0n) is 12.1. The molecule has 0 aromatic heterocycles. The first-order valence-electron chi connectivity index (χ1n) is 6.29. The molecular weight excluding hydrogens is 416 g/mol. The van der Waals surface area contributed by atoms with Gasteiger partial charge in [-0.1, -0.05) is 0 Å². The van der Waals surface area contributed by atoms with E-state index in [2.05, 4.69) is 32.6 Å². The number of hydrogen-bond acceptors (Lipinski definition) is 3. The number of rotatable bonds is 5. The zero-order chi connectivity index (χ0) is 13.9. The molecule has 0 saturated heterocycles. The van der Waals surface area contributed by atoms with Crippen molar-refractivity contribution in [2.24, 2.45) is 11.8 Å². The summed E-state index contributed by atoms with van der Waals surface area (Å²) >= 11 is 1.38. The van der Waals surface area contributed by atoms with E-state index in [1.54, 1.807) is 14.2 Å². The Hall–Kier alpha value is 0.235. The van der Waals surface area contributed by atoms with Crippen molar-refractivity contribution in [2.75, 3.05) is 14.2 Å². The third-order valence-corrected chi connectivity index (χ3v) is 5.47. The van der Waals surface area contributed by atoms with Crippen LogP contribution in [0.4, 0.5) is 0 Å². The first-order chi connectivity index (χ1) is 8.28. The maximum absolute atomic E-state index is 6.12. The topological polar surface area (TPSA) is 27.7 Å². The Morgan fingerprint density at radius 3 is 2.39 bits per heavy atom. The third-order valence-electron chi connectivity index (χ3n) is 3.02. The van der Waals surface area contributed by atoms with Crippen LogP contribution in [-0.2, 0) is 33.3 Å². The van der Waals surface area contributed by atoms with Crippen molar-refractivity contribution < 1.29 is 33.3 Å². The van der Waals surface area contributed by atoms with Crippen molar-refractivity contribution in [2.45, 2.75) is 39.1 Å². The molecule has 0 saturated carbocycles. The van der Waals surface area contributed by atoms with Gasteiger partial charge in [-0.2, -0.15) is 0 Å². The summed E-state index contributed by atoms with van der Waals surface area (Å²) in [7, 11) is 1.98. The average molecular weight is 440 g/mol. The van der Waals surface area contributed by atoms with E-state index in [9.17, 15) is 0 Å². The van der Waals surface area contributed by atoms with E-state index in [0.717, 1.165) is 16.3 Å². The van der Waals surface area contributed by atoms with Gasteiger partial charge in [-0.3, -0.25) is 0 Å². The van der Waals surface area contributed by atoms with Crippen LogP contribution in [0.2, 0.25) is 19.6 Å². The number of methoxy groups -OCH3 is 2. The summed E-state index contributed by atoms with van der Waals surface area (Å²) < 4.78 is 18.3. The van der Waals surface area contributed by atoms with E-state index < -0.39 is 8.32 Å². The fraction of sp³-hybridized carbons (Fsp3) is 0.769. The molecule has 5 heteroatoms. The maximum atomic E-state index is 6.12. The van der Waals surface area contributed by atoms with Crippen LogP contribution in [-0.4, -0.2) is 32.7 Å². The Balaban J connectivity index is 2.89. The second-order valence-corrected chi connectivity index (χ2v) is 11.7. The molecule has 0 fully saturated rings. The Labute approximate surface area is 122 Å². The summed E-state index contributed by atoms with van der Waals surface area (Å²) in [6.07, 6.45) is 3.20. The van der Waals surface area contributed by atoms with Crippen LogP contribution in [0.25, 0.3) is 0 Å². The SMILES string of the molecule is CO[C](=[W])[C@@H]1[C@@H](C)CC(O[Si](C)(C)C)=C[C@H]1OC. The Bertz CT molecular complexity index is 336. The van der Waals surface area contributed by atoms with Crippen molar-refractivity contribution in [1.29, 1.82) is 0 Å². The predicted octanol–water partition coefficient (Wildman–Crippen LogP) is 2.72. The average Bonchev–Trinajstić information content (AvgIpc) is 2.24. The Kier molecular flexibility index (Phi) is 5.97. The van der Waals surface area contributed by atoms with Gasteiger partial charge < -0.3 is 0 Å². The second-order valence-electron chi connectivity index (χ2n) is 5.78. The molecule has 0 amide bonds. The van der Waals surface area contributed by atoms with Gasteiger partial charge >= 0.3 is 123 Å². The van der Waals surface area contributed by atoms with Gasteiger partial charge in [-0.15, -0.1) is 0 Å². The zero-order valence-corrected chi connectivity index (χ0v) is 16.1.